The molecule has 0 aromatic rings. The average molecular weight is 176 g/mol. The molecule has 68 valence electrons. The molecule has 0 aromatic carbocycles. The Morgan fingerprint density at radius 1 is 1.36 bits per heavy atom. The van der Waals surface area contributed by atoms with Crippen molar-refractivity contribution in [2.24, 2.45) is 0 Å². The molecule has 0 bridgehead atoms. The first-order valence-corrected chi connectivity index (χ1v) is 2.87. The zero-order chi connectivity index (χ0) is 9.28. The fraction of sp³-hybridized carbons (Fsp3) is 1.00. The third-order valence-electron chi connectivity index (χ3n) is 1.42. The molecule has 0 spiro atoms. The van der Waals surface area contributed by atoms with Crippen molar-refractivity contribution in [3.63, 3.8) is 0 Å². The summed E-state index contributed by atoms with van der Waals surface area (Å²) >= 11 is 0. The normalized spacial score (nSPS) is 21.0. The summed E-state index contributed by atoms with van der Waals surface area (Å²) in [6.45, 7) is 0.927. The second-order valence-corrected chi connectivity index (χ2v) is 2.11. The van der Waals surface area contributed by atoms with E-state index >= 15 is 0 Å². The summed E-state index contributed by atoms with van der Waals surface area (Å²) in [5, 5.41) is 16.5. The van der Waals surface area contributed by atoms with Crippen molar-refractivity contribution in [3.8, 4) is 0 Å². The van der Waals surface area contributed by atoms with Crippen LogP contribution in [0, 0.1) is 0 Å². The van der Waals surface area contributed by atoms with E-state index < -0.39 is 24.6 Å². The summed E-state index contributed by atoms with van der Waals surface area (Å²) in [5.74, 6) is 0. The van der Waals surface area contributed by atoms with Gasteiger partial charge >= 0.3 is 6.18 Å². The van der Waals surface area contributed by atoms with E-state index in [1.807, 2.05) is 0 Å². The minimum absolute atomic E-state index is 0.922. The lowest BCUT2D eigenvalue weighted by Gasteiger charge is -2.29. The minimum atomic E-state index is -5.14. The molecule has 2 atom stereocenters. The van der Waals surface area contributed by atoms with Gasteiger partial charge in [0.1, 0.15) is 0 Å². The third-order valence-corrected chi connectivity index (χ3v) is 1.42. The van der Waals surface area contributed by atoms with Crippen molar-refractivity contribution in [1.82, 2.24) is 0 Å². The number of halogens is 4. The predicted octanol–water partition coefficient (Wildman–Crippen LogP) is 0.978. The average Bonchev–Trinajstić information content (AvgIpc) is 1.83. The van der Waals surface area contributed by atoms with Crippen molar-refractivity contribution in [2.75, 3.05) is 0 Å². The smallest absolute Gasteiger partial charge is 0.376 e. The van der Waals surface area contributed by atoms with Crippen LogP contribution in [0.2, 0.25) is 0 Å². The largest absolute Gasteiger partial charge is 0.422 e. The molecule has 0 aliphatic carbocycles. The number of aliphatic hydroxyl groups excluding tert-OH is 1. The maximum Gasteiger partial charge on any atom is 0.422 e. The summed E-state index contributed by atoms with van der Waals surface area (Å²) in [6.07, 6.45) is -9.36. The molecule has 0 saturated heterocycles. The van der Waals surface area contributed by atoms with Crippen molar-refractivity contribution in [3.05, 3.63) is 0 Å². The first kappa shape index (κ1) is 10.6. The van der Waals surface area contributed by atoms with Crippen LogP contribution in [0.15, 0.2) is 0 Å². The van der Waals surface area contributed by atoms with E-state index in [1.165, 1.54) is 0 Å². The van der Waals surface area contributed by atoms with E-state index in [-0.39, 0.29) is 0 Å². The highest BCUT2D eigenvalue weighted by atomic mass is 19.4. The lowest BCUT2D eigenvalue weighted by Crippen LogP contribution is -2.52. The van der Waals surface area contributed by atoms with Crippen molar-refractivity contribution >= 4 is 0 Å². The number of aliphatic hydroxyl groups is 2. The lowest BCUT2D eigenvalue weighted by molar-refractivity contribution is -0.311. The van der Waals surface area contributed by atoms with Crippen LogP contribution in [0.4, 0.5) is 17.6 Å². The zero-order valence-electron chi connectivity index (χ0n) is 5.69. The Bertz CT molecular complexity index is 133. The highest BCUT2D eigenvalue weighted by molar-refractivity contribution is 4.87. The molecule has 0 heterocycles. The molecule has 0 fully saturated rings. The lowest BCUT2D eigenvalue weighted by atomic mass is 10.0. The molecule has 0 saturated carbocycles. The van der Waals surface area contributed by atoms with Crippen molar-refractivity contribution < 1.29 is 27.8 Å². The zero-order valence-corrected chi connectivity index (χ0v) is 5.69. The summed E-state index contributed by atoms with van der Waals surface area (Å²) in [6, 6.07) is 0. The van der Waals surface area contributed by atoms with E-state index in [0.717, 1.165) is 6.92 Å². The molecular formula is C5H8F4O2. The van der Waals surface area contributed by atoms with E-state index in [1.54, 1.807) is 0 Å². The summed E-state index contributed by atoms with van der Waals surface area (Å²) < 4.78 is 46.9. The minimum Gasteiger partial charge on any atom is -0.376 e. The monoisotopic (exact) mass is 176 g/mol. The number of hydrogen-bond acceptors (Lipinski definition) is 2. The molecule has 0 aliphatic rings. The Balaban J connectivity index is 4.61. The Kier molecular flexibility index (Phi) is 2.85. The maximum absolute atomic E-state index is 11.8. The van der Waals surface area contributed by atoms with Crippen LogP contribution >= 0.6 is 0 Å². The van der Waals surface area contributed by atoms with Gasteiger partial charge in [0.15, 0.2) is 0 Å². The number of hydrogen-bond donors (Lipinski definition) is 2. The van der Waals surface area contributed by atoms with Gasteiger partial charge in [0, 0.05) is 0 Å². The van der Waals surface area contributed by atoms with Gasteiger partial charge in [0.25, 0.3) is 0 Å². The first-order chi connectivity index (χ1) is 4.75. The molecule has 0 aromatic heterocycles. The predicted molar refractivity (Wildman–Crippen MR) is 28.4 cm³/mol. The van der Waals surface area contributed by atoms with E-state index in [2.05, 4.69) is 0 Å². The van der Waals surface area contributed by atoms with Crippen LogP contribution in [0.1, 0.15) is 13.3 Å². The van der Waals surface area contributed by atoms with Gasteiger partial charge in [0.2, 0.25) is 12.0 Å². The van der Waals surface area contributed by atoms with E-state index in [9.17, 15) is 17.6 Å². The molecule has 6 heteroatoms. The fourth-order valence-corrected chi connectivity index (χ4v) is 0.504. The molecule has 2 unspecified atom stereocenters. The molecule has 2 nitrogen and oxygen atoms in total. The van der Waals surface area contributed by atoms with Gasteiger partial charge in [-0.25, -0.2) is 4.39 Å². The number of alkyl halides is 4. The van der Waals surface area contributed by atoms with Gasteiger partial charge < -0.3 is 10.2 Å². The molecule has 0 amide bonds. The SMILES string of the molecule is CCC(O)(C(O)F)C(F)(F)F. The van der Waals surface area contributed by atoms with Crippen LogP contribution in [0.5, 0.6) is 0 Å². The molecule has 0 aliphatic heterocycles. The molecule has 11 heavy (non-hydrogen) atoms. The van der Waals surface area contributed by atoms with E-state index in [4.69, 9.17) is 10.2 Å². The Morgan fingerprint density at radius 2 is 1.73 bits per heavy atom. The van der Waals surface area contributed by atoms with Crippen LogP contribution in [0.3, 0.4) is 0 Å². The second kappa shape index (κ2) is 2.94. The Hall–Kier alpha value is -0.360. The molecule has 0 radical (unpaired) electrons. The molecule has 2 N–H and O–H groups in total. The van der Waals surface area contributed by atoms with Gasteiger partial charge in [-0.2, -0.15) is 13.2 Å². The quantitative estimate of drug-likeness (QED) is 0.615. The fourth-order valence-electron chi connectivity index (χ4n) is 0.504. The summed E-state index contributed by atoms with van der Waals surface area (Å²) in [4.78, 5) is 0. The molecule has 0 rings (SSSR count). The van der Waals surface area contributed by atoms with Gasteiger partial charge in [-0.05, 0) is 6.42 Å². The third kappa shape index (κ3) is 1.81. The number of rotatable bonds is 2. The summed E-state index contributed by atoms with van der Waals surface area (Å²) in [7, 11) is 0. The summed E-state index contributed by atoms with van der Waals surface area (Å²) in [5.41, 5.74) is -3.63. The van der Waals surface area contributed by atoms with Crippen LogP contribution in [-0.4, -0.2) is 28.3 Å². The van der Waals surface area contributed by atoms with Crippen molar-refractivity contribution in [1.29, 1.82) is 0 Å². The van der Waals surface area contributed by atoms with Gasteiger partial charge in [-0.1, -0.05) is 6.92 Å². The van der Waals surface area contributed by atoms with Crippen molar-refractivity contribution in [2.45, 2.75) is 31.5 Å². The van der Waals surface area contributed by atoms with E-state index in [0.29, 0.717) is 0 Å². The van der Waals surface area contributed by atoms with Crippen LogP contribution in [0.25, 0.3) is 0 Å². The first-order valence-electron chi connectivity index (χ1n) is 2.87. The van der Waals surface area contributed by atoms with Crippen LogP contribution < -0.4 is 0 Å². The second-order valence-electron chi connectivity index (χ2n) is 2.11. The van der Waals surface area contributed by atoms with Gasteiger partial charge in [-0.3, -0.25) is 0 Å². The highest BCUT2D eigenvalue weighted by Crippen LogP contribution is 2.35. The topological polar surface area (TPSA) is 40.5 Å². The van der Waals surface area contributed by atoms with Gasteiger partial charge in [0.05, 0.1) is 0 Å². The van der Waals surface area contributed by atoms with Crippen LogP contribution in [-0.2, 0) is 0 Å². The highest BCUT2D eigenvalue weighted by Gasteiger charge is 2.58. The Morgan fingerprint density at radius 3 is 1.73 bits per heavy atom. The maximum atomic E-state index is 11.8. The molecular weight excluding hydrogens is 168 g/mol. The standard InChI is InChI=1S/C5H8F4O2/c1-2-4(11,3(6)10)5(7,8)9/h3,10-11H,2H2,1H3. The van der Waals surface area contributed by atoms with Gasteiger partial charge in [-0.15, -0.1) is 0 Å². The Labute approximate surface area is 60.4 Å².